The number of benzene rings is 1. The minimum absolute atomic E-state index is 0.0134. The van der Waals surface area contributed by atoms with Crippen LogP contribution in [0.25, 0.3) is 0 Å². The molecule has 1 fully saturated rings. The molecule has 0 spiro atoms. The third kappa shape index (κ3) is 4.55. The predicted octanol–water partition coefficient (Wildman–Crippen LogP) is 2.93. The van der Waals surface area contributed by atoms with Gasteiger partial charge in [-0.3, -0.25) is 0 Å². The van der Waals surface area contributed by atoms with Crippen LogP contribution in [0, 0.1) is 0 Å². The van der Waals surface area contributed by atoms with Gasteiger partial charge in [-0.05, 0) is 30.4 Å². The topological polar surface area (TPSA) is 88.1 Å². The van der Waals surface area contributed by atoms with Gasteiger partial charge in [0.05, 0.1) is 17.7 Å². The molecule has 8 heteroatoms. The first kappa shape index (κ1) is 19.5. The SMILES string of the molecule is CCN(c1nncc(Nc2ccccc2C(C)(C)C)n1)C1CCS(=O)(=O)C1. The molecule has 146 valence electrons. The van der Waals surface area contributed by atoms with Crippen LogP contribution in [0.2, 0.25) is 0 Å². The van der Waals surface area contributed by atoms with Gasteiger partial charge in [-0.25, -0.2) is 8.42 Å². The summed E-state index contributed by atoms with van der Waals surface area (Å²) >= 11 is 0. The van der Waals surface area contributed by atoms with Crippen LogP contribution in [0.5, 0.6) is 0 Å². The minimum atomic E-state index is -2.97. The van der Waals surface area contributed by atoms with E-state index in [0.29, 0.717) is 24.7 Å². The maximum absolute atomic E-state index is 11.8. The molecular weight excluding hydrogens is 362 g/mol. The highest BCUT2D eigenvalue weighted by Crippen LogP contribution is 2.31. The third-order valence-corrected chi connectivity index (χ3v) is 6.54. The molecule has 0 aliphatic carbocycles. The summed E-state index contributed by atoms with van der Waals surface area (Å²) in [5.41, 5.74) is 2.14. The summed E-state index contributed by atoms with van der Waals surface area (Å²) in [4.78, 5) is 6.53. The lowest BCUT2D eigenvalue weighted by Crippen LogP contribution is -2.37. The number of anilines is 3. The fourth-order valence-electron chi connectivity index (χ4n) is 3.44. The van der Waals surface area contributed by atoms with E-state index in [1.807, 2.05) is 30.0 Å². The zero-order chi connectivity index (χ0) is 19.7. The van der Waals surface area contributed by atoms with Crippen molar-refractivity contribution in [3.63, 3.8) is 0 Å². The Hall–Kier alpha value is -2.22. The van der Waals surface area contributed by atoms with Gasteiger partial charge in [-0.1, -0.05) is 39.0 Å². The second-order valence-corrected chi connectivity index (χ2v) is 10.1. The number of para-hydroxylation sites is 1. The molecule has 1 atom stereocenters. The van der Waals surface area contributed by atoms with Crippen LogP contribution in [0.4, 0.5) is 17.5 Å². The molecule has 27 heavy (non-hydrogen) atoms. The van der Waals surface area contributed by atoms with Crippen molar-refractivity contribution in [2.24, 2.45) is 0 Å². The summed E-state index contributed by atoms with van der Waals surface area (Å²) in [6.45, 7) is 9.09. The van der Waals surface area contributed by atoms with Crippen LogP contribution < -0.4 is 10.2 Å². The Balaban J connectivity index is 1.86. The lowest BCUT2D eigenvalue weighted by molar-refractivity contribution is 0.592. The minimum Gasteiger partial charge on any atom is -0.339 e. The lowest BCUT2D eigenvalue weighted by Gasteiger charge is -2.27. The Bertz CT molecular complexity index is 908. The molecule has 1 aliphatic rings. The Morgan fingerprint density at radius 2 is 2.00 bits per heavy atom. The van der Waals surface area contributed by atoms with Crippen molar-refractivity contribution >= 4 is 27.3 Å². The smallest absolute Gasteiger partial charge is 0.247 e. The van der Waals surface area contributed by atoms with E-state index in [2.05, 4.69) is 47.3 Å². The largest absolute Gasteiger partial charge is 0.339 e. The zero-order valence-electron chi connectivity index (χ0n) is 16.3. The van der Waals surface area contributed by atoms with Crippen LogP contribution in [-0.4, -0.2) is 47.7 Å². The molecule has 0 radical (unpaired) electrons. The fourth-order valence-corrected chi connectivity index (χ4v) is 5.17. The van der Waals surface area contributed by atoms with Crippen LogP contribution in [0.15, 0.2) is 30.5 Å². The van der Waals surface area contributed by atoms with E-state index in [1.165, 1.54) is 5.56 Å². The van der Waals surface area contributed by atoms with Crippen LogP contribution in [-0.2, 0) is 15.3 Å². The standard InChI is InChI=1S/C19H27N5O2S/c1-5-24(14-10-11-27(25,26)13-14)18-22-17(12-20-23-18)21-16-9-7-6-8-15(16)19(2,3)4/h6-9,12,14H,5,10-11,13H2,1-4H3,(H,21,22,23). The van der Waals surface area contributed by atoms with Gasteiger partial charge in [0, 0.05) is 18.3 Å². The van der Waals surface area contributed by atoms with Crippen molar-refractivity contribution in [1.82, 2.24) is 15.2 Å². The Morgan fingerprint density at radius 3 is 2.63 bits per heavy atom. The Morgan fingerprint density at radius 1 is 1.26 bits per heavy atom. The first-order chi connectivity index (χ1) is 12.7. The van der Waals surface area contributed by atoms with E-state index >= 15 is 0 Å². The molecule has 1 aromatic heterocycles. The van der Waals surface area contributed by atoms with Gasteiger partial charge in [-0.2, -0.15) is 10.1 Å². The van der Waals surface area contributed by atoms with Crippen molar-refractivity contribution in [3.05, 3.63) is 36.0 Å². The summed E-state index contributed by atoms with van der Waals surface area (Å²) in [7, 11) is -2.97. The normalized spacial score (nSPS) is 19.0. The highest BCUT2D eigenvalue weighted by atomic mass is 32.2. The van der Waals surface area contributed by atoms with Gasteiger partial charge in [0.25, 0.3) is 0 Å². The average Bonchev–Trinajstić information content (AvgIpc) is 2.95. The molecule has 2 heterocycles. The molecule has 1 saturated heterocycles. The summed E-state index contributed by atoms with van der Waals surface area (Å²) < 4.78 is 23.7. The molecule has 1 N–H and O–H groups in total. The summed E-state index contributed by atoms with van der Waals surface area (Å²) in [5.74, 6) is 1.42. The van der Waals surface area contributed by atoms with E-state index in [4.69, 9.17) is 0 Å². The summed E-state index contributed by atoms with van der Waals surface area (Å²) in [6.07, 6.45) is 2.19. The van der Waals surface area contributed by atoms with E-state index in [1.54, 1.807) is 6.20 Å². The number of rotatable bonds is 5. The number of hydrogen-bond acceptors (Lipinski definition) is 7. The van der Waals surface area contributed by atoms with Crippen LogP contribution in [0.3, 0.4) is 0 Å². The molecule has 0 saturated carbocycles. The van der Waals surface area contributed by atoms with E-state index < -0.39 is 9.84 Å². The molecule has 1 aromatic carbocycles. The second-order valence-electron chi connectivity index (χ2n) is 7.91. The lowest BCUT2D eigenvalue weighted by atomic mass is 9.86. The number of nitrogens with zero attached hydrogens (tertiary/aromatic N) is 4. The predicted molar refractivity (Wildman–Crippen MR) is 108 cm³/mol. The molecule has 0 bridgehead atoms. The highest BCUT2D eigenvalue weighted by molar-refractivity contribution is 7.91. The monoisotopic (exact) mass is 389 g/mol. The van der Waals surface area contributed by atoms with Crippen molar-refractivity contribution in [2.45, 2.75) is 45.6 Å². The molecule has 1 aliphatic heterocycles. The van der Waals surface area contributed by atoms with Crippen LogP contribution >= 0.6 is 0 Å². The third-order valence-electron chi connectivity index (χ3n) is 4.79. The molecule has 3 rings (SSSR count). The quantitative estimate of drug-likeness (QED) is 0.841. The molecule has 1 unspecified atom stereocenters. The average molecular weight is 390 g/mol. The highest BCUT2D eigenvalue weighted by Gasteiger charge is 2.33. The first-order valence-corrected chi connectivity index (χ1v) is 11.0. The second kappa shape index (κ2) is 7.42. The molecule has 0 amide bonds. The van der Waals surface area contributed by atoms with Gasteiger partial charge in [0.2, 0.25) is 5.95 Å². The van der Waals surface area contributed by atoms with Crippen molar-refractivity contribution in [2.75, 3.05) is 28.3 Å². The molecule has 2 aromatic rings. The molecule has 7 nitrogen and oxygen atoms in total. The van der Waals surface area contributed by atoms with Crippen molar-refractivity contribution in [3.8, 4) is 0 Å². The van der Waals surface area contributed by atoms with E-state index in [0.717, 1.165) is 5.69 Å². The number of nitrogens with one attached hydrogen (secondary N) is 1. The van der Waals surface area contributed by atoms with E-state index in [9.17, 15) is 8.42 Å². The fraction of sp³-hybridized carbons (Fsp3) is 0.526. The van der Waals surface area contributed by atoms with Crippen molar-refractivity contribution in [1.29, 1.82) is 0 Å². The Kier molecular flexibility index (Phi) is 5.37. The van der Waals surface area contributed by atoms with Crippen molar-refractivity contribution < 1.29 is 8.42 Å². The van der Waals surface area contributed by atoms with E-state index in [-0.39, 0.29) is 23.0 Å². The molecular formula is C19H27N5O2S. The summed E-state index contributed by atoms with van der Waals surface area (Å²) in [6, 6.07) is 8.02. The number of hydrogen-bond donors (Lipinski definition) is 1. The Labute approximate surface area is 161 Å². The van der Waals surface area contributed by atoms with Gasteiger partial charge in [0.1, 0.15) is 0 Å². The number of aromatic nitrogens is 3. The van der Waals surface area contributed by atoms with Gasteiger partial charge < -0.3 is 10.2 Å². The maximum atomic E-state index is 11.8. The van der Waals surface area contributed by atoms with Crippen LogP contribution in [0.1, 0.15) is 39.7 Å². The van der Waals surface area contributed by atoms with Gasteiger partial charge in [0.15, 0.2) is 15.7 Å². The maximum Gasteiger partial charge on any atom is 0.247 e. The van der Waals surface area contributed by atoms with Gasteiger partial charge in [-0.15, -0.1) is 5.10 Å². The summed E-state index contributed by atoms with van der Waals surface area (Å²) in [5, 5.41) is 11.6. The number of sulfone groups is 1. The zero-order valence-corrected chi connectivity index (χ0v) is 17.1. The first-order valence-electron chi connectivity index (χ1n) is 9.23. The van der Waals surface area contributed by atoms with Gasteiger partial charge >= 0.3 is 0 Å².